The van der Waals surface area contributed by atoms with Gasteiger partial charge in [0.25, 0.3) is 0 Å². The molecule has 18 heavy (non-hydrogen) atoms. The van der Waals surface area contributed by atoms with Crippen molar-refractivity contribution in [2.24, 2.45) is 5.92 Å². The van der Waals surface area contributed by atoms with E-state index in [1.54, 1.807) is 0 Å². The van der Waals surface area contributed by atoms with E-state index >= 15 is 0 Å². The molecule has 0 amide bonds. The normalized spacial score (nSPS) is 19.5. The summed E-state index contributed by atoms with van der Waals surface area (Å²) in [5.74, 6) is -0.0387. The van der Waals surface area contributed by atoms with E-state index in [9.17, 15) is 8.78 Å². The first-order valence-corrected chi connectivity index (χ1v) is 7.67. The molecule has 0 radical (unpaired) electrons. The molecule has 0 aliphatic heterocycles. The second kappa shape index (κ2) is 6.65. The zero-order valence-electron chi connectivity index (χ0n) is 10.5. The average Bonchev–Trinajstić information content (AvgIpc) is 2.61. The first-order valence-electron chi connectivity index (χ1n) is 6.76. The summed E-state index contributed by atoms with van der Waals surface area (Å²) in [7, 11) is 0. The summed E-state index contributed by atoms with van der Waals surface area (Å²) in [6, 6.07) is 3.70. The number of alkyl halides is 1. The highest BCUT2D eigenvalue weighted by Gasteiger charge is 2.20. The number of benzene rings is 1. The van der Waals surface area contributed by atoms with Gasteiger partial charge in [-0.2, -0.15) is 0 Å². The molecule has 1 unspecified atom stereocenters. The molecule has 1 fully saturated rings. The van der Waals surface area contributed by atoms with Crippen molar-refractivity contribution in [2.75, 3.05) is 0 Å². The molecule has 100 valence electrons. The molecule has 1 aliphatic carbocycles. The van der Waals surface area contributed by atoms with E-state index in [1.807, 2.05) is 0 Å². The Balaban J connectivity index is 2.01. The van der Waals surface area contributed by atoms with Crippen LogP contribution in [-0.4, -0.2) is 0 Å². The Hall–Kier alpha value is -0.440. The van der Waals surface area contributed by atoms with Crippen LogP contribution in [0.1, 0.15) is 55.3 Å². The zero-order valence-corrected chi connectivity index (χ0v) is 12.1. The van der Waals surface area contributed by atoms with Crippen molar-refractivity contribution in [3.63, 3.8) is 0 Å². The van der Waals surface area contributed by atoms with Crippen molar-refractivity contribution in [3.05, 3.63) is 35.4 Å². The molecule has 0 saturated heterocycles. The smallest absolute Gasteiger partial charge is 0.127 e. The van der Waals surface area contributed by atoms with Crippen LogP contribution in [0.25, 0.3) is 0 Å². The number of hydrogen-bond donors (Lipinski definition) is 0. The van der Waals surface area contributed by atoms with Crippen LogP contribution in [-0.2, 0) is 0 Å². The summed E-state index contributed by atoms with van der Waals surface area (Å²) in [4.78, 5) is -0.0729. The highest BCUT2D eigenvalue weighted by molar-refractivity contribution is 9.09. The van der Waals surface area contributed by atoms with Crippen LogP contribution >= 0.6 is 15.9 Å². The van der Waals surface area contributed by atoms with Gasteiger partial charge >= 0.3 is 0 Å². The molecular weight excluding hydrogens is 298 g/mol. The Morgan fingerprint density at radius 2 is 1.78 bits per heavy atom. The minimum Gasteiger partial charge on any atom is -0.207 e. The van der Waals surface area contributed by atoms with Gasteiger partial charge in [-0.1, -0.05) is 54.5 Å². The molecule has 0 bridgehead atoms. The second-order valence-corrected chi connectivity index (χ2v) is 6.33. The average molecular weight is 317 g/mol. The fourth-order valence-corrected chi connectivity index (χ4v) is 3.65. The monoisotopic (exact) mass is 316 g/mol. The van der Waals surface area contributed by atoms with Crippen molar-refractivity contribution < 1.29 is 8.78 Å². The lowest BCUT2D eigenvalue weighted by atomic mass is 9.92. The summed E-state index contributed by atoms with van der Waals surface area (Å²) in [6.07, 6.45) is 8.53. The summed E-state index contributed by atoms with van der Waals surface area (Å²) >= 11 is 3.53. The van der Waals surface area contributed by atoms with E-state index in [4.69, 9.17) is 0 Å². The van der Waals surface area contributed by atoms with E-state index in [0.29, 0.717) is 11.5 Å². The van der Waals surface area contributed by atoms with Crippen LogP contribution in [0.2, 0.25) is 0 Å². The largest absolute Gasteiger partial charge is 0.207 e. The van der Waals surface area contributed by atoms with Gasteiger partial charge in [0.05, 0.1) is 0 Å². The molecule has 0 N–H and O–H groups in total. The topological polar surface area (TPSA) is 0 Å². The third-order valence-corrected chi connectivity index (χ3v) is 4.68. The first-order chi connectivity index (χ1) is 8.66. The van der Waals surface area contributed by atoms with Gasteiger partial charge in [0.2, 0.25) is 0 Å². The van der Waals surface area contributed by atoms with Crippen molar-refractivity contribution in [1.82, 2.24) is 0 Å². The van der Waals surface area contributed by atoms with Crippen LogP contribution in [0.3, 0.4) is 0 Å². The molecule has 3 heteroatoms. The van der Waals surface area contributed by atoms with Gasteiger partial charge in [-0.3, -0.25) is 0 Å². The summed E-state index contributed by atoms with van der Waals surface area (Å²) in [6.45, 7) is 0. The first kappa shape index (κ1) is 14.0. The molecule has 2 rings (SSSR count). The second-order valence-electron chi connectivity index (χ2n) is 5.23. The van der Waals surface area contributed by atoms with Gasteiger partial charge in [-0.15, -0.1) is 0 Å². The SMILES string of the molecule is Fc1ccc(F)c(C(Br)CC2CCCCCC2)c1. The van der Waals surface area contributed by atoms with Gasteiger partial charge in [0.1, 0.15) is 11.6 Å². The Bertz CT molecular complexity index is 384. The molecule has 1 aliphatic rings. The molecule has 0 spiro atoms. The van der Waals surface area contributed by atoms with E-state index in [0.717, 1.165) is 6.42 Å². The van der Waals surface area contributed by atoms with Crippen molar-refractivity contribution in [2.45, 2.75) is 49.8 Å². The van der Waals surface area contributed by atoms with Gasteiger partial charge in [-0.25, -0.2) is 8.78 Å². The van der Waals surface area contributed by atoms with E-state index in [2.05, 4.69) is 15.9 Å². The fraction of sp³-hybridized carbons (Fsp3) is 0.600. The molecule has 0 nitrogen and oxygen atoms in total. The van der Waals surface area contributed by atoms with Crippen LogP contribution in [0.5, 0.6) is 0 Å². The quantitative estimate of drug-likeness (QED) is 0.491. The predicted molar refractivity (Wildman–Crippen MR) is 73.8 cm³/mol. The predicted octanol–water partition coefficient (Wildman–Crippen LogP) is 5.76. The van der Waals surface area contributed by atoms with Crippen LogP contribution in [0.15, 0.2) is 18.2 Å². The van der Waals surface area contributed by atoms with Crippen molar-refractivity contribution >= 4 is 15.9 Å². The van der Waals surface area contributed by atoms with E-state index in [1.165, 1.54) is 56.7 Å². The third kappa shape index (κ3) is 3.78. The molecule has 1 saturated carbocycles. The Labute approximate surface area is 116 Å². The summed E-state index contributed by atoms with van der Waals surface area (Å²) < 4.78 is 26.8. The Morgan fingerprint density at radius 3 is 2.44 bits per heavy atom. The number of rotatable bonds is 3. The summed E-state index contributed by atoms with van der Waals surface area (Å²) in [5.41, 5.74) is 0.458. The lowest BCUT2D eigenvalue weighted by molar-refractivity contribution is 0.423. The van der Waals surface area contributed by atoms with Crippen LogP contribution in [0, 0.1) is 17.6 Å². The highest BCUT2D eigenvalue weighted by atomic mass is 79.9. The van der Waals surface area contributed by atoms with Crippen molar-refractivity contribution in [3.8, 4) is 0 Å². The number of hydrogen-bond acceptors (Lipinski definition) is 0. The molecule has 1 aromatic carbocycles. The third-order valence-electron chi connectivity index (χ3n) is 3.81. The lowest BCUT2D eigenvalue weighted by Crippen LogP contribution is -2.05. The lowest BCUT2D eigenvalue weighted by Gasteiger charge is -2.18. The molecule has 1 aromatic rings. The maximum absolute atomic E-state index is 13.7. The maximum atomic E-state index is 13.7. The van der Waals surface area contributed by atoms with Crippen LogP contribution in [0.4, 0.5) is 8.78 Å². The Morgan fingerprint density at radius 1 is 1.11 bits per heavy atom. The molecule has 0 heterocycles. The summed E-state index contributed by atoms with van der Waals surface area (Å²) in [5, 5.41) is 0. The standard InChI is InChI=1S/C15H19BrF2/c16-14(9-11-5-3-1-2-4-6-11)13-10-12(17)7-8-15(13)18/h7-8,10-11,14H,1-6,9H2. The Kier molecular flexibility index (Phi) is 5.16. The van der Waals surface area contributed by atoms with E-state index < -0.39 is 0 Å². The zero-order chi connectivity index (χ0) is 13.0. The number of halogens is 3. The molecular formula is C15H19BrF2. The van der Waals surface area contributed by atoms with Gasteiger partial charge < -0.3 is 0 Å². The van der Waals surface area contributed by atoms with Gasteiger partial charge in [0.15, 0.2) is 0 Å². The minimum absolute atomic E-state index is 0.0729. The molecule has 0 aromatic heterocycles. The van der Waals surface area contributed by atoms with Gasteiger partial charge in [0, 0.05) is 10.4 Å². The van der Waals surface area contributed by atoms with E-state index in [-0.39, 0.29) is 16.5 Å². The minimum atomic E-state index is -0.364. The highest BCUT2D eigenvalue weighted by Crippen LogP contribution is 2.36. The van der Waals surface area contributed by atoms with Crippen molar-refractivity contribution in [1.29, 1.82) is 0 Å². The van der Waals surface area contributed by atoms with Crippen LogP contribution < -0.4 is 0 Å². The maximum Gasteiger partial charge on any atom is 0.127 e. The molecule has 1 atom stereocenters. The van der Waals surface area contributed by atoms with Gasteiger partial charge in [-0.05, 0) is 30.5 Å². The fourth-order valence-electron chi connectivity index (χ4n) is 2.77.